The summed E-state index contributed by atoms with van der Waals surface area (Å²) in [7, 11) is 1.31. The van der Waals surface area contributed by atoms with E-state index >= 15 is 0 Å². The summed E-state index contributed by atoms with van der Waals surface area (Å²) < 4.78 is 4.61. The summed E-state index contributed by atoms with van der Waals surface area (Å²) in [5.41, 5.74) is 1.57. The average molecular weight is 219 g/mol. The van der Waals surface area contributed by atoms with Crippen molar-refractivity contribution in [3.8, 4) is 0 Å². The highest BCUT2D eigenvalue weighted by atomic mass is 16.5. The summed E-state index contributed by atoms with van der Waals surface area (Å²) in [6, 6.07) is 3.26. The van der Waals surface area contributed by atoms with Crippen LogP contribution in [0.15, 0.2) is 12.1 Å². The van der Waals surface area contributed by atoms with Crippen LogP contribution in [0.25, 0.3) is 0 Å². The quantitative estimate of drug-likeness (QED) is 0.576. The van der Waals surface area contributed by atoms with Crippen LogP contribution < -0.4 is 0 Å². The van der Waals surface area contributed by atoms with Gasteiger partial charge >= 0.3 is 5.97 Å². The first-order valence-electron chi connectivity index (χ1n) is 5.23. The predicted octanol–water partition coefficient (Wildman–Crippen LogP) is 1.95. The smallest absolute Gasteiger partial charge is 0.356 e. The van der Waals surface area contributed by atoms with Crippen molar-refractivity contribution in [2.45, 2.75) is 25.7 Å². The number of methoxy groups -OCH3 is 1. The molecule has 0 saturated heterocycles. The summed E-state index contributed by atoms with van der Waals surface area (Å²) >= 11 is 0. The lowest BCUT2D eigenvalue weighted by Gasteiger charge is -2.05. The zero-order chi connectivity index (χ0) is 11.7. The first-order valence-corrected chi connectivity index (χ1v) is 5.23. The zero-order valence-electron chi connectivity index (χ0n) is 9.32. The number of hydrogen-bond acceptors (Lipinski definition) is 4. The lowest BCUT2D eigenvalue weighted by Crippen LogP contribution is -2.08. The van der Waals surface area contributed by atoms with E-state index in [4.69, 9.17) is 0 Å². The maximum Gasteiger partial charge on any atom is 0.356 e. The minimum atomic E-state index is -0.495. The van der Waals surface area contributed by atoms with Gasteiger partial charge in [-0.3, -0.25) is 4.79 Å². The fourth-order valence-electron chi connectivity index (χ4n) is 1.55. The Hall–Kier alpha value is -1.71. The molecule has 0 atom stereocenters. The topological polar surface area (TPSA) is 56.3 Å². The van der Waals surface area contributed by atoms with Gasteiger partial charge in [0.2, 0.25) is 0 Å². The van der Waals surface area contributed by atoms with E-state index in [2.05, 4.69) is 9.72 Å². The number of nitrogens with zero attached hydrogens (tertiary/aromatic N) is 1. The van der Waals surface area contributed by atoms with Gasteiger partial charge in [-0.25, -0.2) is 9.78 Å². The van der Waals surface area contributed by atoms with E-state index < -0.39 is 5.97 Å². The molecule has 0 aromatic carbocycles. The number of aromatic nitrogens is 1. The summed E-state index contributed by atoms with van der Waals surface area (Å²) in [5.74, 6) is -0.151. The van der Waals surface area contributed by atoms with Crippen LogP contribution in [-0.2, 0) is 4.74 Å². The fraction of sp³-hybridized carbons (Fsp3) is 0.417. The molecule has 0 spiro atoms. The molecule has 1 heterocycles. The Balaban J connectivity index is 2.44. The number of esters is 1. The van der Waals surface area contributed by atoms with Crippen LogP contribution >= 0.6 is 0 Å². The van der Waals surface area contributed by atoms with E-state index in [0.29, 0.717) is 11.5 Å². The van der Waals surface area contributed by atoms with Gasteiger partial charge in [0.1, 0.15) is 5.69 Å². The molecule has 4 nitrogen and oxygen atoms in total. The molecule has 1 aliphatic rings. The molecule has 0 amide bonds. The number of hydrogen-bond donors (Lipinski definition) is 0. The van der Waals surface area contributed by atoms with E-state index in [-0.39, 0.29) is 11.5 Å². The molecule has 1 saturated carbocycles. The lowest BCUT2D eigenvalue weighted by molar-refractivity contribution is 0.0593. The Bertz CT molecular complexity index is 450. The van der Waals surface area contributed by atoms with Crippen molar-refractivity contribution in [1.29, 1.82) is 0 Å². The zero-order valence-corrected chi connectivity index (χ0v) is 9.32. The van der Waals surface area contributed by atoms with E-state index in [1.807, 2.05) is 0 Å². The first-order chi connectivity index (χ1) is 7.61. The highest BCUT2D eigenvalue weighted by molar-refractivity contribution is 5.97. The van der Waals surface area contributed by atoms with Crippen LogP contribution in [0.1, 0.15) is 52.2 Å². The van der Waals surface area contributed by atoms with Crippen molar-refractivity contribution in [1.82, 2.24) is 4.98 Å². The number of Topliss-reactive ketones (excluding diaryl/α,β-unsaturated/α-hetero) is 1. The van der Waals surface area contributed by atoms with Gasteiger partial charge < -0.3 is 4.74 Å². The summed E-state index contributed by atoms with van der Waals surface area (Å²) in [5, 5.41) is 0. The normalized spacial score (nSPS) is 14.6. The first kappa shape index (κ1) is 10.8. The molecule has 1 fully saturated rings. The van der Waals surface area contributed by atoms with Gasteiger partial charge in [-0.2, -0.15) is 0 Å². The molecule has 2 rings (SSSR count). The predicted molar refractivity (Wildman–Crippen MR) is 57.6 cm³/mol. The van der Waals surface area contributed by atoms with Crippen LogP contribution in [-0.4, -0.2) is 23.8 Å². The van der Waals surface area contributed by atoms with Crippen LogP contribution in [0.2, 0.25) is 0 Å². The fourth-order valence-corrected chi connectivity index (χ4v) is 1.55. The monoisotopic (exact) mass is 219 g/mol. The Kier molecular flexibility index (Phi) is 2.73. The van der Waals surface area contributed by atoms with Gasteiger partial charge in [0.15, 0.2) is 5.78 Å². The highest BCUT2D eigenvalue weighted by Crippen LogP contribution is 2.39. The Morgan fingerprint density at radius 3 is 2.56 bits per heavy atom. The SMILES string of the molecule is COC(=O)c1cc(C(C)=O)cc(C2CC2)n1. The minimum absolute atomic E-state index is 0.0607. The number of rotatable bonds is 3. The molecule has 1 aromatic rings. The van der Waals surface area contributed by atoms with Crippen molar-refractivity contribution in [2.75, 3.05) is 7.11 Å². The standard InChI is InChI=1S/C12H13NO3/c1-7(14)9-5-10(8-3-4-8)13-11(6-9)12(15)16-2/h5-6,8H,3-4H2,1-2H3. The second-order valence-corrected chi connectivity index (χ2v) is 3.99. The lowest BCUT2D eigenvalue weighted by atomic mass is 10.1. The molecule has 4 heteroatoms. The van der Waals surface area contributed by atoms with Gasteiger partial charge in [-0.15, -0.1) is 0 Å². The second-order valence-electron chi connectivity index (χ2n) is 3.99. The van der Waals surface area contributed by atoms with Crippen LogP contribution in [0.5, 0.6) is 0 Å². The largest absolute Gasteiger partial charge is 0.464 e. The molecule has 0 bridgehead atoms. The number of ether oxygens (including phenoxy) is 1. The highest BCUT2D eigenvalue weighted by Gasteiger charge is 2.27. The van der Waals surface area contributed by atoms with Crippen LogP contribution in [0.3, 0.4) is 0 Å². The third kappa shape index (κ3) is 2.10. The van der Waals surface area contributed by atoms with Gasteiger partial charge in [0.05, 0.1) is 7.11 Å². The van der Waals surface area contributed by atoms with E-state index in [1.165, 1.54) is 20.1 Å². The maximum atomic E-state index is 11.4. The average Bonchev–Trinajstić information content (AvgIpc) is 3.11. The molecule has 1 aliphatic carbocycles. The van der Waals surface area contributed by atoms with Crippen molar-refractivity contribution >= 4 is 11.8 Å². The molecular formula is C12H13NO3. The van der Waals surface area contributed by atoms with Crippen LogP contribution in [0.4, 0.5) is 0 Å². The number of ketones is 1. The Labute approximate surface area is 93.6 Å². The summed E-state index contributed by atoms with van der Waals surface area (Å²) in [4.78, 5) is 26.9. The van der Waals surface area contributed by atoms with Crippen molar-refractivity contribution in [3.63, 3.8) is 0 Å². The van der Waals surface area contributed by atoms with Gasteiger partial charge in [0.25, 0.3) is 0 Å². The number of pyridine rings is 1. The molecule has 0 radical (unpaired) electrons. The molecule has 0 unspecified atom stereocenters. The third-order valence-corrected chi connectivity index (χ3v) is 2.64. The molecular weight excluding hydrogens is 206 g/mol. The number of carbonyl (C=O) groups is 2. The van der Waals surface area contributed by atoms with Crippen molar-refractivity contribution in [3.05, 3.63) is 29.1 Å². The molecule has 84 valence electrons. The Morgan fingerprint density at radius 2 is 2.06 bits per heavy atom. The minimum Gasteiger partial charge on any atom is -0.464 e. The molecule has 16 heavy (non-hydrogen) atoms. The second kappa shape index (κ2) is 4.04. The molecule has 0 N–H and O–H groups in total. The third-order valence-electron chi connectivity index (χ3n) is 2.64. The van der Waals surface area contributed by atoms with Crippen molar-refractivity contribution in [2.24, 2.45) is 0 Å². The maximum absolute atomic E-state index is 11.4. The van der Waals surface area contributed by atoms with Gasteiger partial charge in [-0.05, 0) is 31.9 Å². The summed E-state index contributed by atoms with van der Waals surface area (Å²) in [6.45, 7) is 1.48. The van der Waals surface area contributed by atoms with Gasteiger partial charge in [-0.1, -0.05) is 0 Å². The van der Waals surface area contributed by atoms with E-state index in [1.54, 1.807) is 6.07 Å². The van der Waals surface area contributed by atoms with E-state index in [9.17, 15) is 9.59 Å². The molecule has 1 aromatic heterocycles. The Morgan fingerprint density at radius 1 is 1.38 bits per heavy atom. The van der Waals surface area contributed by atoms with Crippen molar-refractivity contribution < 1.29 is 14.3 Å². The summed E-state index contributed by atoms with van der Waals surface area (Å²) in [6.07, 6.45) is 2.16. The number of carbonyl (C=O) groups excluding carboxylic acids is 2. The van der Waals surface area contributed by atoms with E-state index in [0.717, 1.165) is 18.5 Å². The van der Waals surface area contributed by atoms with Gasteiger partial charge in [0, 0.05) is 17.2 Å². The molecule has 0 aliphatic heterocycles. The van der Waals surface area contributed by atoms with Crippen LogP contribution in [0, 0.1) is 0 Å².